The summed E-state index contributed by atoms with van der Waals surface area (Å²) < 4.78 is 28.8. The van der Waals surface area contributed by atoms with Crippen molar-refractivity contribution >= 4 is 41.9 Å². The number of sulfonamides is 1. The van der Waals surface area contributed by atoms with Crippen molar-refractivity contribution < 1.29 is 8.42 Å². The first kappa shape index (κ1) is 17.2. The van der Waals surface area contributed by atoms with Crippen LogP contribution in [0.1, 0.15) is 37.7 Å². The molecule has 0 radical (unpaired) electrons. The van der Waals surface area contributed by atoms with Crippen LogP contribution in [0.4, 0.5) is 0 Å². The zero-order valence-electron chi connectivity index (χ0n) is 12.0. The summed E-state index contributed by atoms with van der Waals surface area (Å²) in [6.07, 6.45) is 7.73. The van der Waals surface area contributed by atoms with Gasteiger partial charge >= 0.3 is 0 Å². The fourth-order valence-corrected chi connectivity index (χ4v) is 5.10. The Kier molecular flexibility index (Phi) is 6.05. The molecule has 0 saturated heterocycles. The van der Waals surface area contributed by atoms with Gasteiger partial charge in [-0.2, -0.15) is 0 Å². The van der Waals surface area contributed by atoms with E-state index in [9.17, 15) is 8.42 Å². The minimum Gasteiger partial charge on any atom is -0.211 e. The van der Waals surface area contributed by atoms with Crippen LogP contribution in [0.5, 0.6) is 0 Å². The maximum atomic E-state index is 12.4. The van der Waals surface area contributed by atoms with E-state index < -0.39 is 10.0 Å². The second kappa shape index (κ2) is 7.40. The smallest absolute Gasteiger partial charge is 0.211 e. The normalized spacial score (nSPS) is 15.9. The van der Waals surface area contributed by atoms with Crippen molar-refractivity contribution in [3.8, 4) is 0 Å². The molecule has 116 valence electrons. The third kappa shape index (κ3) is 4.65. The monoisotopic (exact) mass is 435 g/mol. The van der Waals surface area contributed by atoms with Gasteiger partial charge in [-0.05, 0) is 72.7 Å². The van der Waals surface area contributed by atoms with E-state index in [2.05, 4.69) is 42.7 Å². The molecule has 0 bridgehead atoms. The number of rotatable bonds is 5. The van der Waals surface area contributed by atoms with Gasteiger partial charge in [0.05, 0.1) is 4.90 Å². The number of nitrogens with one attached hydrogen (secondary N) is 1. The summed E-state index contributed by atoms with van der Waals surface area (Å²) in [4.78, 5) is 0.276. The number of hydrogen-bond acceptors (Lipinski definition) is 2. The van der Waals surface area contributed by atoms with Gasteiger partial charge in [0.1, 0.15) is 0 Å². The summed E-state index contributed by atoms with van der Waals surface area (Å²) >= 11 is 6.72. The lowest BCUT2D eigenvalue weighted by Crippen LogP contribution is -2.25. The molecule has 0 fully saturated rings. The van der Waals surface area contributed by atoms with Gasteiger partial charge in [0.25, 0.3) is 0 Å². The lowest BCUT2D eigenvalue weighted by atomic mass is 9.97. The summed E-state index contributed by atoms with van der Waals surface area (Å²) in [5.41, 5.74) is 2.36. The van der Waals surface area contributed by atoms with Gasteiger partial charge in [0.2, 0.25) is 10.0 Å². The summed E-state index contributed by atoms with van der Waals surface area (Å²) in [7, 11) is -3.49. The van der Waals surface area contributed by atoms with Crippen LogP contribution in [0, 0.1) is 6.92 Å². The van der Waals surface area contributed by atoms with Gasteiger partial charge in [-0.25, -0.2) is 13.1 Å². The molecule has 0 amide bonds. The van der Waals surface area contributed by atoms with Gasteiger partial charge < -0.3 is 0 Å². The number of halogens is 2. The third-order valence-electron chi connectivity index (χ3n) is 3.63. The molecule has 1 N–H and O–H groups in total. The van der Waals surface area contributed by atoms with Gasteiger partial charge in [-0.15, -0.1) is 0 Å². The molecule has 1 aromatic rings. The van der Waals surface area contributed by atoms with Crippen LogP contribution in [0.3, 0.4) is 0 Å². The lowest BCUT2D eigenvalue weighted by molar-refractivity contribution is 0.579. The van der Waals surface area contributed by atoms with Gasteiger partial charge in [0, 0.05) is 15.5 Å². The zero-order valence-corrected chi connectivity index (χ0v) is 15.9. The van der Waals surface area contributed by atoms with Gasteiger partial charge in [-0.3, -0.25) is 0 Å². The lowest BCUT2D eigenvalue weighted by Gasteiger charge is -2.14. The van der Waals surface area contributed by atoms with E-state index in [0.717, 1.165) is 29.3 Å². The molecule has 3 nitrogen and oxygen atoms in total. The number of hydrogen-bond donors (Lipinski definition) is 1. The van der Waals surface area contributed by atoms with E-state index in [1.54, 1.807) is 6.07 Å². The quantitative estimate of drug-likeness (QED) is 0.680. The molecule has 1 aliphatic carbocycles. The third-order valence-corrected chi connectivity index (χ3v) is 6.90. The summed E-state index contributed by atoms with van der Waals surface area (Å²) in [5.74, 6) is 0. The Morgan fingerprint density at radius 1 is 1.19 bits per heavy atom. The van der Waals surface area contributed by atoms with Crippen molar-refractivity contribution in [2.45, 2.75) is 43.9 Å². The molecule has 0 unspecified atom stereocenters. The Labute approximate surface area is 143 Å². The van der Waals surface area contributed by atoms with Crippen molar-refractivity contribution in [3.05, 3.63) is 38.3 Å². The van der Waals surface area contributed by atoms with Crippen LogP contribution in [0.25, 0.3) is 0 Å². The van der Waals surface area contributed by atoms with Crippen molar-refractivity contribution in [3.63, 3.8) is 0 Å². The largest absolute Gasteiger partial charge is 0.241 e. The molecule has 2 rings (SSSR count). The van der Waals surface area contributed by atoms with Crippen LogP contribution in [-0.2, 0) is 10.0 Å². The average molecular weight is 437 g/mol. The van der Waals surface area contributed by atoms with Crippen molar-refractivity contribution in [1.29, 1.82) is 0 Å². The molecule has 0 aliphatic heterocycles. The van der Waals surface area contributed by atoms with Crippen molar-refractivity contribution in [2.24, 2.45) is 0 Å². The Bertz CT molecular complexity index is 654. The highest BCUT2D eigenvalue weighted by Gasteiger charge is 2.18. The highest BCUT2D eigenvalue weighted by atomic mass is 79.9. The first-order valence-corrected chi connectivity index (χ1v) is 10.1. The fraction of sp³-hybridized carbons (Fsp3) is 0.467. The van der Waals surface area contributed by atoms with Crippen LogP contribution in [0.15, 0.2) is 37.6 Å². The molecular weight excluding hydrogens is 418 g/mol. The fourth-order valence-electron chi connectivity index (χ4n) is 2.39. The predicted octanol–water partition coefficient (Wildman–Crippen LogP) is 4.69. The second-order valence-corrected chi connectivity index (χ2v) is 8.73. The maximum Gasteiger partial charge on any atom is 0.241 e. The number of allylic oxidation sites excluding steroid dienone is 1. The van der Waals surface area contributed by atoms with Crippen LogP contribution in [0.2, 0.25) is 0 Å². The molecule has 0 aromatic heterocycles. The molecule has 1 aromatic carbocycles. The van der Waals surface area contributed by atoms with E-state index >= 15 is 0 Å². The van der Waals surface area contributed by atoms with Gasteiger partial charge in [0.15, 0.2) is 0 Å². The molecule has 0 spiro atoms. The predicted molar refractivity (Wildman–Crippen MR) is 92.9 cm³/mol. The van der Waals surface area contributed by atoms with Crippen molar-refractivity contribution in [2.75, 3.05) is 6.54 Å². The van der Waals surface area contributed by atoms with Crippen molar-refractivity contribution in [1.82, 2.24) is 4.72 Å². The Morgan fingerprint density at radius 2 is 1.95 bits per heavy atom. The van der Waals surface area contributed by atoms with Crippen LogP contribution < -0.4 is 4.72 Å². The maximum absolute atomic E-state index is 12.4. The minimum atomic E-state index is -3.49. The van der Waals surface area contributed by atoms with E-state index in [4.69, 9.17) is 0 Å². The molecule has 6 heteroatoms. The Morgan fingerprint density at radius 3 is 2.62 bits per heavy atom. The van der Waals surface area contributed by atoms with Gasteiger partial charge in [-0.1, -0.05) is 27.6 Å². The zero-order chi connectivity index (χ0) is 15.5. The molecule has 0 heterocycles. The standard InChI is InChI=1S/C15H19Br2NO2S/c1-11-9-14(17)15(10-13(11)16)21(19,20)18-8-7-12-5-3-2-4-6-12/h5,9-10,18H,2-4,6-8H2,1H3. The molecule has 1 aliphatic rings. The van der Waals surface area contributed by atoms with E-state index in [1.807, 2.05) is 13.0 Å². The molecule has 21 heavy (non-hydrogen) atoms. The first-order valence-electron chi connectivity index (χ1n) is 7.03. The van der Waals surface area contributed by atoms with E-state index in [-0.39, 0.29) is 4.90 Å². The summed E-state index contributed by atoms with van der Waals surface area (Å²) in [6, 6.07) is 3.45. The Hall–Kier alpha value is -0.170. The van der Waals surface area contributed by atoms with E-state index in [0.29, 0.717) is 11.0 Å². The molecule has 0 saturated carbocycles. The SMILES string of the molecule is Cc1cc(Br)c(S(=O)(=O)NCCC2=CCCCC2)cc1Br. The highest BCUT2D eigenvalue weighted by molar-refractivity contribution is 9.11. The van der Waals surface area contributed by atoms with Crippen LogP contribution >= 0.6 is 31.9 Å². The summed E-state index contributed by atoms with van der Waals surface area (Å²) in [5, 5.41) is 0. The second-order valence-electron chi connectivity index (χ2n) is 5.29. The first-order chi connectivity index (χ1) is 9.90. The Balaban J connectivity index is 2.05. The minimum absolute atomic E-state index is 0.276. The number of benzene rings is 1. The molecular formula is C15H19Br2NO2S. The average Bonchev–Trinajstić information content (AvgIpc) is 2.43. The number of aryl methyl sites for hydroxylation is 1. The highest BCUT2D eigenvalue weighted by Crippen LogP contribution is 2.28. The van der Waals surface area contributed by atoms with Crippen LogP contribution in [-0.4, -0.2) is 15.0 Å². The topological polar surface area (TPSA) is 46.2 Å². The molecule has 0 atom stereocenters. The summed E-state index contributed by atoms with van der Waals surface area (Å²) in [6.45, 7) is 2.38. The van der Waals surface area contributed by atoms with E-state index in [1.165, 1.54) is 18.4 Å².